The lowest BCUT2D eigenvalue weighted by atomic mass is 10.8. The Morgan fingerprint density at radius 3 is 1.62 bits per heavy atom. The van der Waals surface area contributed by atoms with Crippen LogP contribution in [0.4, 0.5) is 0 Å². The molecule has 0 radical (unpaired) electrons. The number of alkyl halides is 1. The van der Waals surface area contributed by atoms with Gasteiger partial charge in [0.15, 0.2) is 0 Å². The summed E-state index contributed by atoms with van der Waals surface area (Å²) in [5.74, 6) is 0.556. The summed E-state index contributed by atoms with van der Waals surface area (Å²) in [7, 11) is 0. The van der Waals surface area contributed by atoms with Gasteiger partial charge in [0.25, 0.3) is 0 Å². The molecule has 0 bridgehead atoms. The van der Waals surface area contributed by atoms with E-state index in [0.717, 1.165) is 0 Å². The maximum Gasteiger partial charge on any atom is 0.0401 e. The van der Waals surface area contributed by atoms with E-state index in [1.54, 1.807) is 12.2 Å². The number of hydrogen-bond acceptors (Lipinski definition) is 0. The molecule has 0 fully saturated rings. The van der Waals surface area contributed by atoms with Gasteiger partial charge >= 0.3 is 0 Å². The molecule has 0 spiro atoms. The molecule has 0 amide bonds. The quantitative estimate of drug-likeness (QED) is 0.403. The summed E-state index contributed by atoms with van der Waals surface area (Å²) >= 11 is 5.07. The molecule has 0 saturated carbocycles. The van der Waals surface area contributed by atoms with E-state index in [2.05, 4.69) is 13.2 Å². The summed E-state index contributed by atoms with van der Waals surface area (Å²) in [5, 5.41) is 0. The second-order valence-electron chi connectivity index (χ2n) is 0.851. The Labute approximate surface area is 62.6 Å². The summed E-state index contributed by atoms with van der Waals surface area (Å²) in [4.78, 5) is 0. The van der Waals surface area contributed by atoms with Crippen molar-refractivity contribution < 1.29 is 0 Å². The molecule has 0 aliphatic heterocycles. The van der Waals surface area contributed by atoms with Gasteiger partial charge in [0, 0.05) is 5.88 Å². The van der Waals surface area contributed by atoms with Crippen LogP contribution in [0.25, 0.3) is 0 Å². The van der Waals surface area contributed by atoms with E-state index < -0.39 is 0 Å². The first-order valence-corrected chi connectivity index (χ1v) is 2.60. The van der Waals surface area contributed by atoms with Crippen molar-refractivity contribution in [2.75, 3.05) is 5.88 Å². The Hall–Kier alpha value is 0.0600. The molecule has 0 aromatic carbocycles. The van der Waals surface area contributed by atoms with E-state index in [-0.39, 0.29) is 12.4 Å². The molecule has 0 saturated heterocycles. The molecule has 0 unspecified atom stereocenters. The molecule has 0 aliphatic rings. The molecule has 0 aliphatic carbocycles. The fourth-order valence-electron chi connectivity index (χ4n) is 0. The molecule has 0 aromatic rings. The molecule has 0 rings (SSSR count). The van der Waals surface area contributed by atoms with E-state index in [9.17, 15) is 0 Å². The summed E-state index contributed by atoms with van der Waals surface area (Å²) in [6.45, 7) is 8.60. The van der Waals surface area contributed by atoms with Gasteiger partial charge in [-0.15, -0.1) is 37.2 Å². The van der Waals surface area contributed by atoms with Crippen LogP contribution in [0.2, 0.25) is 0 Å². The van der Waals surface area contributed by atoms with Gasteiger partial charge in [0.1, 0.15) is 0 Å². The molecule has 2 heteroatoms. The molecule has 50 valence electrons. The Bertz CT molecular complexity index is 41.8. The largest absolute Gasteiger partial charge is 0.147 e. The highest BCUT2D eigenvalue weighted by Crippen LogP contribution is 1.67. The number of allylic oxidation sites excluding steroid dienone is 2. The summed E-state index contributed by atoms with van der Waals surface area (Å²) < 4.78 is 0. The SMILES string of the molecule is C=CC.C=CCCl.Cl. The van der Waals surface area contributed by atoms with Crippen molar-refractivity contribution in [3.8, 4) is 0 Å². The molecule has 0 heterocycles. The second kappa shape index (κ2) is 27.7. The van der Waals surface area contributed by atoms with Gasteiger partial charge < -0.3 is 0 Å². The molecular weight excluding hydrogens is 143 g/mol. The Kier molecular flexibility index (Phi) is 54.3. The van der Waals surface area contributed by atoms with E-state index in [1.165, 1.54) is 0 Å². The standard InChI is InChI=1S/C3H5Cl.C3H6.ClH/c1-2-3-4;1-3-2;/h2H,1,3H2;3H,1H2,2H3;1H. The molecule has 0 N–H and O–H groups in total. The zero-order valence-electron chi connectivity index (χ0n) is 5.06. The van der Waals surface area contributed by atoms with Crippen LogP contribution in [0.15, 0.2) is 25.3 Å². The highest BCUT2D eigenvalue weighted by Gasteiger charge is 1.48. The Morgan fingerprint density at radius 1 is 1.50 bits per heavy atom. The van der Waals surface area contributed by atoms with Crippen LogP contribution in [-0.4, -0.2) is 5.88 Å². The lowest BCUT2D eigenvalue weighted by Gasteiger charge is -1.55. The maximum atomic E-state index is 5.07. The lowest BCUT2D eigenvalue weighted by Crippen LogP contribution is -1.45. The molecule has 0 nitrogen and oxygen atoms in total. The third-order valence-electron chi connectivity index (χ3n) is 0.109. The van der Waals surface area contributed by atoms with Crippen molar-refractivity contribution in [3.63, 3.8) is 0 Å². The summed E-state index contributed by atoms with van der Waals surface area (Å²) in [6.07, 6.45) is 3.39. The van der Waals surface area contributed by atoms with Gasteiger partial charge in [-0.05, 0) is 6.92 Å². The third kappa shape index (κ3) is 138. The van der Waals surface area contributed by atoms with Gasteiger partial charge in [0.2, 0.25) is 0 Å². The number of rotatable bonds is 1. The van der Waals surface area contributed by atoms with Gasteiger partial charge in [0.05, 0.1) is 0 Å². The first kappa shape index (κ1) is 15.7. The molecule has 0 atom stereocenters. The minimum absolute atomic E-state index is 0. The van der Waals surface area contributed by atoms with Crippen LogP contribution in [0.1, 0.15) is 6.92 Å². The van der Waals surface area contributed by atoms with E-state index in [1.807, 2.05) is 6.92 Å². The third-order valence-corrected chi connectivity index (χ3v) is 0.327. The van der Waals surface area contributed by atoms with Gasteiger partial charge in [-0.2, -0.15) is 0 Å². The van der Waals surface area contributed by atoms with Crippen LogP contribution in [-0.2, 0) is 0 Å². The smallest absolute Gasteiger partial charge is 0.0401 e. The van der Waals surface area contributed by atoms with Crippen molar-refractivity contribution >= 4 is 24.0 Å². The summed E-state index contributed by atoms with van der Waals surface area (Å²) in [5.41, 5.74) is 0. The van der Waals surface area contributed by atoms with E-state index in [4.69, 9.17) is 11.6 Å². The number of halogens is 2. The van der Waals surface area contributed by atoms with E-state index in [0.29, 0.717) is 5.88 Å². The van der Waals surface area contributed by atoms with Crippen molar-refractivity contribution in [1.29, 1.82) is 0 Å². The average molecular weight is 155 g/mol. The normalized spacial score (nSPS) is 4.75. The Balaban J connectivity index is -0.0000000575. The minimum Gasteiger partial charge on any atom is -0.147 e. The molecular formula is C6H12Cl2. The fourth-order valence-corrected chi connectivity index (χ4v) is 0. The highest BCUT2D eigenvalue weighted by molar-refractivity contribution is 6.18. The van der Waals surface area contributed by atoms with Crippen molar-refractivity contribution in [1.82, 2.24) is 0 Å². The predicted octanol–water partition coefficient (Wildman–Crippen LogP) is 3.03. The molecule has 0 aromatic heterocycles. The summed E-state index contributed by atoms with van der Waals surface area (Å²) in [6, 6.07) is 0. The van der Waals surface area contributed by atoms with Crippen LogP contribution in [0.3, 0.4) is 0 Å². The zero-order chi connectivity index (χ0) is 6.12. The molecule has 8 heavy (non-hydrogen) atoms. The maximum absolute atomic E-state index is 5.07. The van der Waals surface area contributed by atoms with Crippen LogP contribution in [0.5, 0.6) is 0 Å². The van der Waals surface area contributed by atoms with Crippen molar-refractivity contribution in [2.24, 2.45) is 0 Å². The van der Waals surface area contributed by atoms with E-state index >= 15 is 0 Å². The van der Waals surface area contributed by atoms with Crippen molar-refractivity contribution in [3.05, 3.63) is 25.3 Å². The monoisotopic (exact) mass is 154 g/mol. The first-order valence-electron chi connectivity index (χ1n) is 2.07. The van der Waals surface area contributed by atoms with Crippen LogP contribution < -0.4 is 0 Å². The average Bonchev–Trinajstić information content (AvgIpc) is 1.69. The predicted molar refractivity (Wildman–Crippen MR) is 44.0 cm³/mol. The Morgan fingerprint density at radius 2 is 1.62 bits per heavy atom. The minimum atomic E-state index is 0. The topological polar surface area (TPSA) is 0 Å². The zero-order valence-corrected chi connectivity index (χ0v) is 6.63. The first-order chi connectivity index (χ1) is 3.33. The number of hydrogen-bond donors (Lipinski definition) is 0. The van der Waals surface area contributed by atoms with Crippen molar-refractivity contribution in [2.45, 2.75) is 6.92 Å². The van der Waals surface area contributed by atoms with Gasteiger partial charge in [-0.3, -0.25) is 0 Å². The van der Waals surface area contributed by atoms with Gasteiger partial charge in [-0.25, -0.2) is 0 Å². The second-order valence-corrected chi connectivity index (χ2v) is 1.16. The van der Waals surface area contributed by atoms with Crippen LogP contribution >= 0.6 is 24.0 Å². The lowest BCUT2D eigenvalue weighted by molar-refractivity contribution is 1.80. The van der Waals surface area contributed by atoms with Gasteiger partial charge in [-0.1, -0.05) is 12.2 Å². The van der Waals surface area contributed by atoms with Crippen LogP contribution in [0, 0.1) is 0 Å². The fraction of sp³-hybridized carbons (Fsp3) is 0.333. The highest BCUT2D eigenvalue weighted by atomic mass is 35.5.